The second-order valence-corrected chi connectivity index (χ2v) is 6.65. The first-order valence-corrected chi connectivity index (χ1v) is 7.52. The molecule has 0 aromatic heterocycles. The van der Waals surface area contributed by atoms with Crippen LogP contribution in [0.5, 0.6) is 0 Å². The Morgan fingerprint density at radius 2 is 1.95 bits per heavy atom. The summed E-state index contributed by atoms with van der Waals surface area (Å²) in [5.74, 6) is 0.713. The van der Waals surface area contributed by atoms with Crippen molar-refractivity contribution in [2.24, 2.45) is 5.73 Å². The van der Waals surface area contributed by atoms with Gasteiger partial charge in [0.2, 0.25) is 0 Å². The summed E-state index contributed by atoms with van der Waals surface area (Å²) >= 11 is 0. The zero-order valence-electron chi connectivity index (χ0n) is 12.7. The fourth-order valence-electron chi connectivity index (χ4n) is 3.15. The Balaban J connectivity index is 2.09. The van der Waals surface area contributed by atoms with Gasteiger partial charge >= 0.3 is 0 Å². The maximum Gasteiger partial charge on any atom is 0.00472 e. The molecule has 2 N–H and O–H groups in total. The van der Waals surface area contributed by atoms with E-state index in [0.717, 1.165) is 13.0 Å². The van der Waals surface area contributed by atoms with E-state index in [1.54, 1.807) is 0 Å². The minimum absolute atomic E-state index is 0.191. The average Bonchev–Trinajstić information content (AvgIpc) is 2.39. The summed E-state index contributed by atoms with van der Waals surface area (Å²) in [6.07, 6.45) is 3.69. The number of benzene rings is 1. The van der Waals surface area contributed by atoms with Gasteiger partial charge in [-0.3, -0.25) is 0 Å². The summed E-state index contributed by atoms with van der Waals surface area (Å²) in [6.45, 7) is 7.76. The molecule has 0 spiro atoms. The lowest BCUT2D eigenvalue weighted by atomic mass is 9.80. The van der Waals surface area contributed by atoms with Crippen LogP contribution in [0.4, 0.5) is 0 Å². The Hall–Kier alpha value is -0.860. The Bertz CT molecular complexity index is 394. The van der Waals surface area contributed by atoms with Crippen molar-refractivity contribution in [3.63, 3.8) is 0 Å². The van der Waals surface area contributed by atoms with Crippen molar-refractivity contribution < 1.29 is 0 Å². The predicted molar refractivity (Wildman–Crippen MR) is 82.6 cm³/mol. The van der Waals surface area contributed by atoms with Crippen LogP contribution in [-0.4, -0.2) is 31.6 Å². The van der Waals surface area contributed by atoms with E-state index >= 15 is 0 Å². The molecule has 1 saturated heterocycles. The van der Waals surface area contributed by atoms with Crippen LogP contribution < -0.4 is 5.73 Å². The highest BCUT2D eigenvalue weighted by Crippen LogP contribution is 2.30. The van der Waals surface area contributed by atoms with Crippen LogP contribution in [0.25, 0.3) is 0 Å². The second kappa shape index (κ2) is 6.06. The van der Waals surface area contributed by atoms with Crippen molar-refractivity contribution in [2.45, 2.75) is 44.4 Å². The molecule has 1 aliphatic heterocycles. The maximum atomic E-state index is 5.71. The topological polar surface area (TPSA) is 29.3 Å². The van der Waals surface area contributed by atoms with Crippen molar-refractivity contribution >= 4 is 0 Å². The number of rotatable bonds is 4. The molecule has 1 heterocycles. The van der Waals surface area contributed by atoms with E-state index in [-0.39, 0.29) is 5.41 Å². The molecule has 2 heteroatoms. The standard InChI is InChI=1S/C17H28N2/c1-17(2,10-11-18)16-8-6-14(7-9-16)15-5-4-12-19(3)13-15/h6-9,15H,4-5,10-13,18H2,1-3H3. The number of likely N-dealkylation sites (N-methyl/N-ethyl adjacent to an activating group) is 1. The first kappa shape index (κ1) is 14.5. The van der Waals surface area contributed by atoms with E-state index in [4.69, 9.17) is 5.73 Å². The van der Waals surface area contributed by atoms with Gasteiger partial charge in [-0.05, 0) is 61.9 Å². The number of hydrogen-bond donors (Lipinski definition) is 1. The Labute approximate surface area is 118 Å². The summed E-state index contributed by atoms with van der Waals surface area (Å²) in [7, 11) is 2.23. The summed E-state index contributed by atoms with van der Waals surface area (Å²) in [5.41, 5.74) is 8.81. The quantitative estimate of drug-likeness (QED) is 0.901. The highest BCUT2D eigenvalue weighted by Gasteiger charge is 2.22. The van der Waals surface area contributed by atoms with E-state index in [2.05, 4.69) is 50.1 Å². The number of hydrogen-bond acceptors (Lipinski definition) is 2. The molecule has 1 fully saturated rings. The molecule has 19 heavy (non-hydrogen) atoms. The molecule has 2 rings (SSSR count). The van der Waals surface area contributed by atoms with Crippen LogP contribution in [0.15, 0.2) is 24.3 Å². The van der Waals surface area contributed by atoms with Gasteiger partial charge in [-0.2, -0.15) is 0 Å². The van der Waals surface area contributed by atoms with Gasteiger partial charge in [-0.25, -0.2) is 0 Å². The largest absolute Gasteiger partial charge is 0.330 e. The zero-order valence-corrected chi connectivity index (χ0v) is 12.7. The van der Waals surface area contributed by atoms with Crippen molar-refractivity contribution in [1.29, 1.82) is 0 Å². The number of nitrogens with zero attached hydrogens (tertiary/aromatic N) is 1. The summed E-state index contributed by atoms with van der Waals surface area (Å²) in [5, 5.41) is 0. The van der Waals surface area contributed by atoms with Crippen molar-refractivity contribution in [2.75, 3.05) is 26.7 Å². The monoisotopic (exact) mass is 260 g/mol. The zero-order chi connectivity index (χ0) is 13.9. The molecule has 1 aromatic rings. The highest BCUT2D eigenvalue weighted by atomic mass is 15.1. The van der Waals surface area contributed by atoms with Gasteiger partial charge in [0.05, 0.1) is 0 Å². The minimum Gasteiger partial charge on any atom is -0.330 e. The van der Waals surface area contributed by atoms with Crippen molar-refractivity contribution in [1.82, 2.24) is 4.90 Å². The van der Waals surface area contributed by atoms with Crippen LogP contribution in [-0.2, 0) is 5.41 Å². The molecule has 0 aliphatic carbocycles. The van der Waals surface area contributed by atoms with Crippen molar-refractivity contribution in [3.05, 3.63) is 35.4 Å². The van der Waals surface area contributed by atoms with Crippen LogP contribution in [0.1, 0.15) is 50.2 Å². The summed E-state index contributed by atoms with van der Waals surface area (Å²) < 4.78 is 0. The van der Waals surface area contributed by atoms with E-state index in [0.29, 0.717) is 5.92 Å². The molecular formula is C17H28N2. The SMILES string of the molecule is CN1CCCC(c2ccc(C(C)(C)CCN)cc2)C1. The fraction of sp³-hybridized carbons (Fsp3) is 0.647. The average molecular weight is 260 g/mol. The Morgan fingerprint density at radius 3 is 2.53 bits per heavy atom. The molecular weight excluding hydrogens is 232 g/mol. The normalized spacial score (nSPS) is 21.6. The lowest BCUT2D eigenvalue weighted by Crippen LogP contribution is -2.30. The molecule has 1 atom stereocenters. The van der Waals surface area contributed by atoms with Gasteiger partial charge < -0.3 is 10.6 Å². The third kappa shape index (κ3) is 3.58. The van der Waals surface area contributed by atoms with Crippen LogP contribution in [0.3, 0.4) is 0 Å². The van der Waals surface area contributed by atoms with Crippen LogP contribution >= 0.6 is 0 Å². The number of likely N-dealkylation sites (tertiary alicyclic amines) is 1. The van der Waals surface area contributed by atoms with Gasteiger partial charge in [0.25, 0.3) is 0 Å². The smallest absolute Gasteiger partial charge is 0.00472 e. The van der Waals surface area contributed by atoms with Gasteiger partial charge in [0.15, 0.2) is 0 Å². The van der Waals surface area contributed by atoms with Gasteiger partial charge in [-0.1, -0.05) is 38.1 Å². The second-order valence-electron chi connectivity index (χ2n) is 6.65. The lowest BCUT2D eigenvalue weighted by Gasteiger charge is -2.30. The lowest BCUT2D eigenvalue weighted by molar-refractivity contribution is 0.251. The van der Waals surface area contributed by atoms with E-state index in [9.17, 15) is 0 Å². The Morgan fingerprint density at radius 1 is 1.26 bits per heavy atom. The predicted octanol–water partition coefficient (Wildman–Crippen LogP) is 3.12. The molecule has 2 nitrogen and oxygen atoms in total. The summed E-state index contributed by atoms with van der Waals surface area (Å²) in [4.78, 5) is 2.44. The van der Waals surface area contributed by atoms with Gasteiger partial charge in [0, 0.05) is 6.54 Å². The molecule has 1 unspecified atom stereocenters. The minimum atomic E-state index is 0.191. The number of nitrogens with two attached hydrogens (primary N) is 1. The van der Waals surface area contributed by atoms with Gasteiger partial charge in [-0.15, -0.1) is 0 Å². The van der Waals surface area contributed by atoms with Crippen molar-refractivity contribution in [3.8, 4) is 0 Å². The fourth-order valence-corrected chi connectivity index (χ4v) is 3.15. The van der Waals surface area contributed by atoms with Gasteiger partial charge in [0.1, 0.15) is 0 Å². The maximum absolute atomic E-state index is 5.71. The third-order valence-electron chi connectivity index (χ3n) is 4.56. The highest BCUT2D eigenvalue weighted by molar-refractivity contribution is 5.30. The van der Waals surface area contributed by atoms with E-state index in [1.807, 2.05) is 0 Å². The first-order chi connectivity index (χ1) is 9.03. The number of piperidine rings is 1. The molecule has 0 radical (unpaired) electrons. The Kier molecular flexibility index (Phi) is 4.64. The van der Waals surface area contributed by atoms with E-state index in [1.165, 1.54) is 37.1 Å². The molecule has 1 aliphatic rings. The van der Waals surface area contributed by atoms with Crippen LogP contribution in [0.2, 0.25) is 0 Å². The molecule has 106 valence electrons. The van der Waals surface area contributed by atoms with E-state index < -0.39 is 0 Å². The molecule has 0 saturated carbocycles. The molecule has 1 aromatic carbocycles. The molecule has 0 bridgehead atoms. The van der Waals surface area contributed by atoms with Crippen LogP contribution in [0, 0.1) is 0 Å². The molecule has 0 amide bonds. The summed E-state index contributed by atoms with van der Waals surface area (Å²) in [6, 6.07) is 9.27. The third-order valence-corrected chi connectivity index (χ3v) is 4.56. The first-order valence-electron chi connectivity index (χ1n) is 7.52.